The summed E-state index contributed by atoms with van der Waals surface area (Å²) in [6.45, 7) is 8.58. The highest BCUT2D eigenvalue weighted by molar-refractivity contribution is 5.92. The van der Waals surface area contributed by atoms with Crippen molar-refractivity contribution in [2.24, 2.45) is 0 Å². The lowest BCUT2D eigenvalue weighted by atomic mass is 10.0. The third kappa shape index (κ3) is 3.43. The second kappa shape index (κ2) is 5.87. The molecule has 1 N–H and O–H groups in total. The highest BCUT2D eigenvalue weighted by Gasteiger charge is 2.36. The summed E-state index contributed by atoms with van der Waals surface area (Å²) >= 11 is 0. The van der Waals surface area contributed by atoms with E-state index in [-0.39, 0.29) is 11.8 Å². The average molecular weight is 292 g/mol. The van der Waals surface area contributed by atoms with Crippen LogP contribution in [0.4, 0.5) is 0 Å². The predicted molar refractivity (Wildman–Crippen MR) is 79.5 cm³/mol. The van der Waals surface area contributed by atoms with Gasteiger partial charge in [-0.2, -0.15) is 5.10 Å². The molecule has 0 aliphatic carbocycles. The molecular formula is C15H24N4O2. The zero-order valence-electron chi connectivity index (χ0n) is 13.2. The van der Waals surface area contributed by atoms with Gasteiger partial charge < -0.3 is 10.2 Å². The molecule has 21 heavy (non-hydrogen) atoms. The fraction of sp³-hybridized carbons (Fsp3) is 0.667. The van der Waals surface area contributed by atoms with Crippen molar-refractivity contribution in [3.8, 4) is 0 Å². The van der Waals surface area contributed by atoms with Crippen LogP contribution in [0.25, 0.3) is 0 Å². The third-order valence-electron chi connectivity index (χ3n) is 3.94. The van der Waals surface area contributed by atoms with Gasteiger partial charge in [-0.15, -0.1) is 0 Å². The molecule has 2 heterocycles. The van der Waals surface area contributed by atoms with Crippen LogP contribution in [0.1, 0.15) is 52.3 Å². The summed E-state index contributed by atoms with van der Waals surface area (Å²) in [5, 5.41) is 7.28. The Morgan fingerprint density at radius 3 is 2.81 bits per heavy atom. The Hall–Kier alpha value is -1.85. The van der Waals surface area contributed by atoms with Crippen LogP contribution < -0.4 is 5.32 Å². The fourth-order valence-corrected chi connectivity index (χ4v) is 2.44. The topological polar surface area (TPSA) is 67.2 Å². The van der Waals surface area contributed by atoms with E-state index in [0.717, 1.165) is 12.1 Å². The van der Waals surface area contributed by atoms with E-state index in [1.54, 1.807) is 18.7 Å². The minimum absolute atomic E-state index is 0.0635. The summed E-state index contributed by atoms with van der Waals surface area (Å²) in [6, 6.07) is 2.28. The number of hydrogen-bond donors (Lipinski definition) is 1. The van der Waals surface area contributed by atoms with Gasteiger partial charge in [-0.3, -0.25) is 14.3 Å². The Morgan fingerprint density at radius 2 is 2.14 bits per heavy atom. The zero-order valence-corrected chi connectivity index (χ0v) is 13.2. The van der Waals surface area contributed by atoms with E-state index in [1.165, 1.54) is 0 Å². The number of nitrogens with zero attached hydrogens (tertiary/aromatic N) is 3. The first-order valence-electron chi connectivity index (χ1n) is 7.48. The summed E-state index contributed by atoms with van der Waals surface area (Å²) in [5.41, 5.74) is 0.00106. The number of amides is 2. The van der Waals surface area contributed by atoms with Crippen molar-refractivity contribution in [3.05, 3.63) is 18.0 Å². The summed E-state index contributed by atoms with van der Waals surface area (Å²) < 4.78 is 1.92. The van der Waals surface area contributed by atoms with E-state index in [9.17, 15) is 9.59 Å². The molecule has 116 valence electrons. The van der Waals surface area contributed by atoms with Gasteiger partial charge in [-0.25, -0.2) is 0 Å². The zero-order chi connectivity index (χ0) is 15.6. The molecule has 2 amide bonds. The molecular weight excluding hydrogens is 268 g/mol. The van der Waals surface area contributed by atoms with E-state index in [0.29, 0.717) is 25.6 Å². The van der Waals surface area contributed by atoms with Crippen LogP contribution in [0.15, 0.2) is 12.3 Å². The third-order valence-corrected chi connectivity index (χ3v) is 3.94. The molecule has 6 heteroatoms. The van der Waals surface area contributed by atoms with Gasteiger partial charge in [0.25, 0.3) is 0 Å². The van der Waals surface area contributed by atoms with Gasteiger partial charge in [0.05, 0.1) is 12.2 Å². The van der Waals surface area contributed by atoms with Crippen molar-refractivity contribution < 1.29 is 9.59 Å². The largest absolute Gasteiger partial charge is 0.342 e. The molecule has 1 atom stereocenters. The molecule has 0 spiro atoms. The van der Waals surface area contributed by atoms with Gasteiger partial charge in [0.1, 0.15) is 5.54 Å². The Labute approximate surface area is 125 Å². The summed E-state index contributed by atoms with van der Waals surface area (Å²) in [6.07, 6.45) is 3.29. The van der Waals surface area contributed by atoms with Crippen LogP contribution in [0.5, 0.6) is 0 Å². The first-order valence-corrected chi connectivity index (χ1v) is 7.48. The molecule has 2 rings (SSSR count). The number of carbonyl (C=O) groups excluding carboxylic acids is 2. The van der Waals surface area contributed by atoms with Crippen molar-refractivity contribution in [3.63, 3.8) is 0 Å². The maximum absolute atomic E-state index is 12.5. The van der Waals surface area contributed by atoms with Crippen LogP contribution in [0.2, 0.25) is 0 Å². The second-order valence-electron chi connectivity index (χ2n) is 6.19. The van der Waals surface area contributed by atoms with E-state index in [1.807, 2.05) is 16.9 Å². The van der Waals surface area contributed by atoms with E-state index in [4.69, 9.17) is 0 Å². The standard InChI is InChI=1S/C15H24N4O2/c1-5-11(2)19-9-6-12(17-19)10-18-8-7-13(20)16-15(3,4)14(18)21/h6,9,11H,5,7-8,10H2,1-4H3,(H,16,20). The molecule has 1 fully saturated rings. The van der Waals surface area contributed by atoms with E-state index < -0.39 is 5.54 Å². The smallest absolute Gasteiger partial charge is 0.248 e. The Morgan fingerprint density at radius 1 is 1.43 bits per heavy atom. The van der Waals surface area contributed by atoms with Crippen molar-refractivity contribution in [1.82, 2.24) is 20.0 Å². The summed E-state index contributed by atoms with van der Waals surface area (Å²) in [4.78, 5) is 25.9. The molecule has 6 nitrogen and oxygen atoms in total. The van der Waals surface area contributed by atoms with Crippen LogP contribution in [0, 0.1) is 0 Å². The average Bonchev–Trinajstić information content (AvgIpc) is 2.86. The molecule has 0 aromatic carbocycles. The van der Waals surface area contributed by atoms with E-state index in [2.05, 4.69) is 24.3 Å². The molecule has 0 radical (unpaired) electrons. The van der Waals surface area contributed by atoms with Crippen LogP contribution in [0.3, 0.4) is 0 Å². The van der Waals surface area contributed by atoms with Crippen LogP contribution in [-0.4, -0.2) is 38.6 Å². The fourth-order valence-electron chi connectivity index (χ4n) is 2.44. The normalized spacial score (nSPS) is 20.1. The van der Waals surface area contributed by atoms with Crippen molar-refractivity contribution in [2.75, 3.05) is 6.54 Å². The van der Waals surface area contributed by atoms with Gasteiger partial charge in [0, 0.05) is 25.2 Å². The summed E-state index contributed by atoms with van der Waals surface area (Å²) in [7, 11) is 0. The van der Waals surface area contributed by atoms with Gasteiger partial charge in [0.15, 0.2) is 0 Å². The van der Waals surface area contributed by atoms with Gasteiger partial charge in [0.2, 0.25) is 11.8 Å². The Balaban J connectivity index is 2.12. The minimum atomic E-state index is -0.854. The van der Waals surface area contributed by atoms with Crippen molar-refractivity contribution in [2.45, 2.75) is 58.7 Å². The highest BCUT2D eigenvalue weighted by Crippen LogP contribution is 2.16. The first-order chi connectivity index (χ1) is 9.83. The second-order valence-corrected chi connectivity index (χ2v) is 6.19. The lowest BCUT2D eigenvalue weighted by Gasteiger charge is -2.28. The first kappa shape index (κ1) is 15.5. The lowest BCUT2D eigenvalue weighted by Crippen LogP contribution is -2.52. The van der Waals surface area contributed by atoms with Gasteiger partial charge in [-0.1, -0.05) is 6.92 Å². The maximum atomic E-state index is 12.5. The molecule has 0 saturated carbocycles. The van der Waals surface area contributed by atoms with Gasteiger partial charge in [-0.05, 0) is 33.3 Å². The van der Waals surface area contributed by atoms with E-state index >= 15 is 0 Å². The molecule has 1 aliphatic heterocycles. The number of carbonyl (C=O) groups is 2. The summed E-state index contributed by atoms with van der Waals surface area (Å²) in [5.74, 6) is -0.146. The SMILES string of the molecule is CCC(C)n1ccc(CN2CCC(=O)NC(C)(C)C2=O)n1. The Kier molecular flexibility index (Phi) is 4.34. The number of aromatic nitrogens is 2. The monoisotopic (exact) mass is 292 g/mol. The molecule has 1 saturated heterocycles. The lowest BCUT2D eigenvalue weighted by molar-refractivity contribution is -0.137. The number of hydrogen-bond acceptors (Lipinski definition) is 3. The van der Waals surface area contributed by atoms with Gasteiger partial charge >= 0.3 is 0 Å². The predicted octanol–water partition coefficient (Wildman–Crippen LogP) is 1.48. The molecule has 1 aromatic rings. The number of rotatable bonds is 4. The minimum Gasteiger partial charge on any atom is -0.342 e. The quantitative estimate of drug-likeness (QED) is 0.914. The number of nitrogens with one attached hydrogen (secondary N) is 1. The van der Waals surface area contributed by atoms with Crippen LogP contribution in [-0.2, 0) is 16.1 Å². The van der Waals surface area contributed by atoms with Crippen LogP contribution >= 0.6 is 0 Å². The van der Waals surface area contributed by atoms with Crippen molar-refractivity contribution >= 4 is 11.8 Å². The molecule has 1 aliphatic rings. The maximum Gasteiger partial charge on any atom is 0.248 e. The highest BCUT2D eigenvalue weighted by atomic mass is 16.2. The molecule has 1 unspecified atom stereocenters. The molecule has 0 bridgehead atoms. The Bertz CT molecular complexity index is 536. The van der Waals surface area contributed by atoms with Crippen molar-refractivity contribution in [1.29, 1.82) is 0 Å². The molecule has 1 aromatic heterocycles.